The van der Waals surface area contributed by atoms with Gasteiger partial charge in [-0.3, -0.25) is 29.2 Å². The van der Waals surface area contributed by atoms with Gasteiger partial charge in [-0.05, 0) is 104 Å². The summed E-state index contributed by atoms with van der Waals surface area (Å²) >= 11 is 0. The number of amides is 4. The first-order valence-electron chi connectivity index (χ1n) is 26.1. The summed E-state index contributed by atoms with van der Waals surface area (Å²) in [5, 5.41) is 7.68. The molecule has 0 saturated carbocycles. The van der Waals surface area contributed by atoms with Crippen molar-refractivity contribution in [3.05, 3.63) is 88.5 Å². The van der Waals surface area contributed by atoms with Crippen LogP contribution in [0.5, 0.6) is 0 Å². The lowest BCUT2D eigenvalue weighted by Gasteiger charge is -2.62. The predicted molar refractivity (Wildman–Crippen MR) is 266 cm³/mol. The molecule has 8 aliphatic heterocycles. The van der Waals surface area contributed by atoms with E-state index < -0.39 is 18.4 Å². The highest BCUT2D eigenvalue weighted by Crippen LogP contribution is 2.49. The van der Waals surface area contributed by atoms with Crippen LogP contribution in [0.4, 0.5) is 31.7 Å². The monoisotopic (exact) mass is 981 g/mol. The van der Waals surface area contributed by atoms with Crippen LogP contribution in [0.2, 0.25) is 0 Å². The molecule has 5 fully saturated rings. The van der Waals surface area contributed by atoms with Crippen molar-refractivity contribution in [3.8, 4) is 11.1 Å². The standard InChI is InChI=1S/C54H61F2N11O5/c1-33(68)62-17-10-44-43(27-62)51(59-67(44)37-11-19-72-20-12-37)65-14-2-3-35-22-40(42(50(55)56)23-46(35)65)41-24-48-57-13-18-63(48)28-47(41)64-31-54(32-64)29-60(30-54)25-34-8-15-61(16-9-34)38-4-5-39-36(21-38)26-66(53(39)71)45-6-7-49(69)58-52(45)70/h4-5,13,18,21-24,28,34,37,45,50H,2-3,6-12,14-17,19-20,25-27,29-32H2,1H3,(H,58,69,70). The maximum Gasteiger partial charge on any atom is 0.264 e. The van der Waals surface area contributed by atoms with Crippen LogP contribution < -0.4 is 20.0 Å². The number of ether oxygens (including phenoxy) is 1. The van der Waals surface area contributed by atoms with E-state index in [1.807, 2.05) is 39.8 Å². The molecule has 72 heavy (non-hydrogen) atoms. The highest BCUT2D eigenvalue weighted by atomic mass is 19.3. The molecule has 11 heterocycles. The summed E-state index contributed by atoms with van der Waals surface area (Å²) in [6.45, 7) is 11.8. The number of carbonyl (C=O) groups excluding carboxylic acids is 4. The van der Waals surface area contributed by atoms with Gasteiger partial charge < -0.3 is 38.5 Å². The van der Waals surface area contributed by atoms with E-state index in [-0.39, 0.29) is 41.2 Å². The lowest BCUT2D eigenvalue weighted by molar-refractivity contribution is -0.137. The van der Waals surface area contributed by atoms with E-state index in [4.69, 9.17) is 9.84 Å². The molecule has 5 saturated heterocycles. The van der Waals surface area contributed by atoms with Gasteiger partial charge in [-0.25, -0.2) is 13.8 Å². The van der Waals surface area contributed by atoms with Gasteiger partial charge in [0, 0.05) is 162 Å². The van der Waals surface area contributed by atoms with Gasteiger partial charge in [0.25, 0.3) is 12.3 Å². The summed E-state index contributed by atoms with van der Waals surface area (Å²) in [5.41, 5.74) is 9.77. The Bertz CT molecular complexity index is 3020. The number of aryl methyl sites for hydroxylation is 1. The molecule has 1 spiro atoms. The molecular weight excluding hydrogens is 921 g/mol. The normalized spacial score (nSPS) is 22.6. The number of alkyl halides is 2. The average molecular weight is 982 g/mol. The zero-order valence-electron chi connectivity index (χ0n) is 40.8. The molecule has 1 atom stereocenters. The Balaban J connectivity index is 0.692. The zero-order chi connectivity index (χ0) is 49.0. The molecule has 0 bridgehead atoms. The van der Waals surface area contributed by atoms with Crippen LogP contribution in [0.15, 0.2) is 55.0 Å². The third kappa shape index (κ3) is 7.81. The summed E-state index contributed by atoms with van der Waals surface area (Å²) in [7, 11) is 0. The van der Waals surface area contributed by atoms with E-state index in [9.17, 15) is 19.2 Å². The van der Waals surface area contributed by atoms with Crippen molar-refractivity contribution in [2.45, 2.75) is 96.3 Å². The Labute approximate surface area is 416 Å². The molecule has 376 valence electrons. The summed E-state index contributed by atoms with van der Waals surface area (Å²) in [4.78, 5) is 67.8. The van der Waals surface area contributed by atoms with Crippen molar-refractivity contribution in [2.75, 3.05) is 86.8 Å². The Hall–Kier alpha value is -6.40. The predicted octanol–water partition coefficient (Wildman–Crippen LogP) is 6.28. The first kappa shape index (κ1) is 45.5. The number of nitrogens with one attached hydrogen (secondary N) is 1. The quantitative estimate of drug-likeness (QED) is 0.167. The number of likely N-dealkylation sites (tertiary alicyclic amines) is 1. The van der Waals surface area contributed by atoms with Gasteiger partial charge in [0.15, 0.2) is 5.82 Å². The Morgan fingerprint density at radius 3 is 2.44 bits per heavy atom. The highest BCUT2D eigenvalue weighted by Gasteiger charge is 2.52. The molecular formula is C54H61F2N11O5. The van der Waals surface area contributed by atoms with Crippen molar-refractivity contribution >= 4 is 52.2 Å². The first-order chi connectivity index (χ1) is 35.0. The molecule has 4 amide bonds. The molecule has 16 nitrogen and oxygen atoms in total. The molecule has 2 aromatic carbocycles. The number of halogens is 2. The van der Waals surface area contributed by atoms with Crippen LogP contribution in [0.1, 0.15) is 103 Å². The Morgan fingerprint density at radius 2 is 1.67 bits per heavy atom. The van der Waals surface area contributed by atoms with Gasteiger partial charge in [0.05, 0.1) is 18.3 Å². The minimum atomic E-state index is -2.72. The van der Waals surface area contributed by atoms with E-state index in [0.717, 1.165) is 135 Å². The molecule has 1 N–H and O–H groups in total. The number of hydrogen-bond donors (Lipinski definition) is 1. The van der Waals surface area contributed by atoms with Crippen LogP contribution in [0, 0.1) is 11.3 Å². The third-order valence-corrected chi connectivity index (χ3v) is 17.2. The minimum absolute atomic E-state index is 0.000277. The lowest BCUT2D eigenvalue weighted by Crippen LogP contribution is -2.72. The van der Waals surface area contributed by atoms with E-state index >= 15 is 8.78 Å². The van der Waals surface area contributed by atoms with Gasteiger partial charge in [0.2, 0.25) is 17.7 Å². The van der Waals surface area contributed by atoms with Crippen molar-refractivity contribution < 1.29 is 32.7 Å². The van der Waals surface area contributed by atoms with Crippen LogP contribution in [-0.2, 0) is 45.1 Å². The number of imidazole rings is 1. The maximum atomic E-state index is 15.7. The molecule has 0 radical (unpaired) electrons. The van der Waals surface area contributed by atoms with Gasteiger partial charge in [-0.1, -0.05) is 0 Å². The fraction of sp³-hybridized carbons (Fsp3) is 0.519. The molecule has 0 aliphatic carbocycles. The number of fused-ring (bicyclic) bond motifs is 4. The number of aromatic nitrogens is 4. The molecule has 18 heteroatoms. The smallest absolute Gasteiger partial charge is 0.264 e. The summed E-state index contributed by atoms with van der Waals surface area (Å²) in [5.74, 6) is 0.552. The number of hydrogen-bond acceptors (Lipinski definition) is 11. The molecule has 8 aliphatic rings. The Kier molecular flexibility index (Phi) is 11.2. The molecule has 3 aromatic heterocycles. The van der Waals surface area contributed by atoms with E-state index in [2.05, 4.69) is 46.8 Å². The van der Waals surface area contributed by atoms with Crippen LogP contribution in [-0.4, -0.2) is 136 Å². The number of nitrogens with zero attached hydrogens (tertiary/aromatic N) is 10. The van der Waals surface area contributed by atoms with Crippen molar-refractivity contribution in [1.82, 2.24) is 39.2 Å². The number of anilines is 4. The number of benzene rings is 2. The Morgan fingerprint density at radius 1 is 0.847 bits per heavy atom. The number of pyridine rings is 1. The summed E-state index contributed by atoms with van der Waals surface area (Å²) < 4.78 is 41.2. The topological polar surface area (TPSA) is 144 Å². The van der Waals surface area contributed by atoms with Crippen molar-refractivity contribution in [3.63, 3.8) is 0 Å². The van der Waals surface area contributed by atoms with Gasteiger partial charge >= 0.3 is 0 Å². The number of rotatable bonds is 9. The number of carbonyl (C=O) groups is 4. The highest BCUT2D eigenvalue weighted by molar-refractivity contribution is 6.05. The minimum Gasteiger partial charge on any atom is -0.381 e. The summed E-state index contributed by atoms with van der Waals surface area (Å²) in [6.07, 6.45) is 9.81. The second-order valence-corrected chi connectivity index (χ2v) is 21.8. The molecule has 5 aromatic rings. The third-order valence-electron chi connectivity index (χ3n) is 17.2. The van der Waals surface area contributed by atoms with E-state index in [1.54, 1.807) is 24.1 Å². The van der Waals surface area contributed by atoms with Gasteiger partial charge in [0.1, 0.15) is 11.7 Å². The fourth-order valence-electron chi connectivity index (χ4n) is 13.5. The van der Waals surface area contributed by atoms with Crippen molar-refractivity contribution in [1.29, 1.82) is 0 Å². The van der Waals surface area contributed by atoms with Gasteiger partial charge in [-0.2, -0.15) is 5.10 Å². The lowest BCUT2D eigenvalue weighted by atomic mass is 9.72. The van der Waals surface area contributed by atoms with Crippen molar-refractivity contribution in [2.24, 2.45) is 11.3 Å². The van der Waals surface area contributed by atoms with Crippen LogP contribution >= 0.6 is 0 Å². The zero-order valence-corrected chi connectivity index (χ0v) is 40.8. The number of imide groups is 1. The number of piperidine rings is 2. The van der Waals surface area contributed by atoms with Gasteiger partial charge in [-0.15, -0.1) is 0 Å². The average Bonchev–Trinajstić information content (AvgIpc) is 4.08. The molecule has 1 unspecified atom stereocenters. The summed E-state index contributed by atoms with van der Waals surface area (Å²) in [6, 6.07) is 11.3. The fourth-order valence-corrected chi connectivity index (χ4v) is 13.5. The van der Waals surface area contributed by atoms with Crippen LogP contribution in [0.3, 0.4) is 0 Å². The van der Waals surface area contributed by atoms with Crippen LogP contribution in [0.25, 0.3) is 16.8 Å². The first-order valence-corrected chi connectivity index (χ1v) is 26.1. The second-order valence-electron chi connectivity index (χ2n) is 21.8. The van der Waals surface area contributed by atoms with E-state index in [1.165, 1.54) is 0 Å². The second kappa shape index (κ2) is 17.7. The molecule has 13 rings (SSSR count). The SMILES string of the molecule is CC(=O)N1CCc2c(c(N3CCCc4cc(-c5cc6nccn6cc5N5CC6(CN(CC7CCN(c8ccc9c(c8)CN(C8CCC(=O)NC8=O)C9=O)CC7)C6)C5)c(C(F)F)cc43)nn2C2CCOCC2)C1. The largest absolute Gasteiger partial charge is 0.381 e. The maximum absolute atomic E-state index is 15.7. The van der Waals surface area contributed by atoms with E-state index in [0.29, 0.717) is 74.9 Å².